The average molecular weight is 194 g/mol. The van der Waals surface area contributed by atoms with Crippen molar-refractivity contribution in [1.29, 1.82) is 0 Å². The number of nitrogens with two attached hydrogens (primary N) is 1. The third kappa shape index (κ3) is 1.32. The number of aryl methyl sites for hydroxylation is 1. The van der Waals surface area contributed by atoms with E-state index in [1.165, 1.54) is 0 Å². The van der Waals surface area contributed by atoms with Crippen LogP contribution in [0.4, 0.5) is 0 Å². The SMILES string of the molecule is Cc1ccc([C@@H]2[C@@H](N)CC(=O)N2C)o1. The highest BCUT2D eigenvalue weighted by atomic mass is 16.3. The third-order valence-corrected chi connectivity index (χ3v) is 2.68. The van der Waals surface area contributed by atoms with Crippen LogP contribution in [0.15, 0.2) is 16.5 Å². The summed E-state index contributed by atoms with van der Waals surface area (Å²) < 4.78 is 5.48. The van der Waals surface area contributed by atoms with Crippen LogP contribution < -0.4 is 5.73 Å². The summed E-state index contributed by atoms with van der Waals surface area (Å²) in [6.07, 6.45) is 0.404. The van der Waals surface area contributed by atoms with Gasteiger partial charge < -0.3 is 15.1 Å². The zero-order chi connectivity index (χ0) is 10.3. The fourth-order valence-electron chi connectivity index (χ4n) is 1.91. The van der Waals surface area contributed by atoms with Crippen LogP contribution in [0.2, 0.25) is 0 Å². The van der Waals surface area contributed by atoms with E-state index in [1.54, 1.807) is 11.9 Å². The minimum absolute atomic E-state index is 0.0801. The number of nitrogens with zero attached hydrogens (tertiary/aromatic N) is 1. The van der Waals surface area contributed by atoms with Gasteiger partial charge in [0.25, 0.3) is 0 Å². The number of likely N-dealkylation sites (N-methyl/N-ethyl adjacent to an activating group) is 1. The number of hydrogen-bond acceptors (Lipinski definition) is 3. The lowest BCUT2D eigenvalue weighted by atomic mass is 10.1. The Hall–Kier alpha value is -1.29. The number of rotatable bonds is 1. The van der Waals surface area contributed by atoms with Crippen LogP contribution in [-0.2, 0) is 4.79 Å². The van der Waals surface area contributed by atoms with Crippen LogP contribution in [0.3, 0.4) is 0 Å². The second-order valence-electron chi connectivity index (χ2n) is 3.77. The Labute approximate surface area is 82.7 Å². The Morgan fingerprint density at radius 3 is 2.71 bits per heavy atom. The molecular formula is C10H14N2O2. The summed E-state index contributed by atoms with van der Waals surface area (Å²) in [7, 11) is 1.76. The molecule has 1 fully saturated rings. The van der Waals surface area contributed by atoms with Crippen molar-refractivity contribution in [1.82, 2.24) is 4.90 Å². The summed E-state index contributed by atoms with van der Waals surface area (Å²) in [5.41, 5.74) is 5.88. The van der Waals surface area contributed by atoms with E-state index in [4.69, 9.17) is 10.2 Å². The van der Waals surface area contributed by atoms with Crippen LogP contribution in [0.1, 0.15) is 24.0 Å². The largest absolute Gasteiger partial charge is 0.464 e. The molecule has 0 aliphatic carbocycles. The van der Waals surface area contributed by atoms with Gasteiger partial charge in [0, 0.05) is 19.5 Å². The molecular weight excluding hydrogens is 180 g/mol. The maximum Gasteiger partial charge on any atom is 0.224 e. The van der Waals surface area contributed by atoms with Crippen molar-refractivity contribution in [3.05, 3.63) is 23.7 Å². The number of amides is 1. The lowest BCUT2D eigenvalue weighted by Crippen LogP contribution is -2.29. The summed E-state index contributed by atoms with van der Waals surface area (Å²) in [4.78, 5) is 13.0. The van der Waals surface area contributed by atoms with Gasteiger partial charge >= 0.3 is 0 Å². The molecule has 0 bridgehead atoms. The van der Waals surface area contributed by atoms with Crippen LogP contribution in [0, 0.1) is 6.92 Å². The van der Waals surface area contributed by atoms with Crippen molar-refractivity contribution in [2.75, 3.05) is 7.05 Å². The molecule has 1 aromatic rings. The number of carbonyl (C=O) groups is 1. The smallest absolute Gasteiger partial charge is 0.224 e. The molecule has 1 aliphatic rings. The Morgan fingerprint density at radius 1 is 1.57 bits per heavy atom. The first kappa shape index (κ1) is 9.27. The molecule has 1 amide bonds. The number of furan rings is 1. The lowest BCUT2D eigenvalue weighted by Gasteiger charge is -2.20. The van der Waals surface area contributed by atoms with Gasteiger partial charge in [-0.2, -0.15) is 0 Å². The van der Waals surface area contributed by atoms with E-state index in [0.717, 1.165) is 11.5 Å². The first-order valence-electron chi connectivity index (χ1n) is 4.67. The Morgan fingerprint density at radius 2 is 2.29 bits per heavy atom. The Kier molecular flexibility index (Phi) is 2.07. The van der Waals surface area contributed by atoms with Crippen LogP contribution in [0.5, 0.6) is 0 Å². The molecule has 0 aromatic carbocycles. The zero-order valence-corrected chi connectivity index (χ0v) is 8.36. The van der Waals surface area contributed by atoms with Crippen molar-refractivity contribution < 1.29 is 9.21 Å². The molecule has 4 heteroatoms. The predicted octanol–water partition coefficient (Wildman–Crippen LogP) is 0.819. The number of hydrogen-bond donors (Lipinski definition) is 1. The van der Waals surface area contributed by atoms with Crippen molar-refractivity contribution in [3.8, 4) is 0 Å². The van der Waals surface area contributed by atoms with E-state index >= 15 is 0 Å². The molecule has 2 N–H and O–H groups in total. The van der Waals surface area contributed by atoms with E-state index in [-0.39, 0.29) is 18.0 Å². The fraction of sp³-hybridized carbons (Fsp3) is 0.500. The summed E-state index contributed by atoms with van der Waals surface area (Å²) in [6.45, 7) is 1.88. The zero-order valence-electron chi connectivity index (χ0n) is 8.36. The molecule has 0 radical (unpaired) electrons. The molecule has 4 nitrogen and oxygen atoms in total. The molecule has 2 rings (SSSR count). The van der Waals surface area contributed by atoms with E-state index in [2.05, 4.69) is 0 Å². The second kappa shape index (κ2) is 3.13. The molecule has 1 aliphatic heterocycles. The van der Waals surface area contributed by atoms with Crippen LogP contribution in [-0.4, -0.2) is 23.9 Å². The Balaban J connectivity index is 2.30. The average Bonchev–Trinajstić information content (AvgIpc) is 2.60. The van der Waals surface area contributed by atoms with Gasteiger partial charge in [-0.15, -0.1) is 0 Å². The summed E-state index contributed by atoms with van der Waals surface area (Å²) in [5.74, 6) is 1.71. The summed E-state index contributed by atoms with van der Waals surface area (Å²) >= 11 is 0. The van der Waals surface area contributed by atoms with Crippen molar-refractivity contribution >= 4 is 5.91 Å². The quantitative estimate of drug-likeness (QED) is 0.720. The summed E-state index contributed by atoms with van der Waals surface area (Å²) in [5, 5.41) is 0. The third-order valence-electron chi connectivity index (χ3n) is 2.68. The van der Waals surface area contributed by atoms with Gasteiger partial charge in [0.1, 0.15) is 17.6 Å². The maximum absolute atomic E-state index is 11.4. The highest BCUT2D eigenvalue weighted by Crippen LogP contribution is 2.31. The van der Waals surface area contributed by atoms with Gasteiger partial charge in [0.2, 0.25) is 5.91 Å². The van der Waals surface area contributed by atoms with Gasteiger partial charge in [-0.25, -0.2) is 0 Å². The molecule has 0 unspecified atom stereocenters. The Bertz CT molecular complexity index is 359. The topological polar surface area (TPSA) is 59.5 Å². The molecule has 0 spiro atoms. The van der Waals surface area contributed by atoms with E-state index in [0.29, 0.717) is 6.42 Å². The molecule has 1 saturated heterocycles. The highest BCUT2D eigenvalue weighted by Gasteiger charge is 2.37. The minimum Gasteiger partial charge on any atom is -0.464 e. The molecule has 2 atom stereocenters. The predicted molar refractivity (Wildman–Crippen MR) is 51.5 cm³/mol. The first-order valence-corrected chi connectivity index (χ1v) is 4.67. The van der Waals surface area contributed by atoms with E-state index in [9.17, 15) is 4.79 Å². The number of likely N-dealkylation sites (tertiary alicyclic amines) is 1. The molecule has 1 aromatic heterocycles. The van der Waals surface area contributed by atoms with Crippen LogP contribution >= 0.6 is 0 Å². The molecule has 76 valence electrons. The lowest BCUT2D eigenvalue weighted by molar-refractivity contribution is -0.127. The number of carbonyl (C=O) groups excluding carboxylic acids is 1. The highest BCUT2D eigenvalue weighted by molar-refractivity contribution is 5.79. The van der Waals surface area contributed by atoms with Crippen molar-refractivity contribution in [2.24, 2.45) is 5.73 Å². The standard InChI is InChI=1S/C10H14N2O2/c1-6-3-4-8(14-6)10-7(11)5-9(13)12(10)2/h3-4,7,10H,5,11H2,1-2H3/t7-,10-/m0/s1. The normalized spacial score (nSPS) is 27.4. The maximum atomic E-state index is 11.4. The van der Waals surface area contributed by atoms with Gasteiger partial charge in [-0.1, -0.05) is 0 Å². The van der Waals surface area contributed by atoms with Crippen molar-refractivity contribution in [2.45, 2.75) is 25.4 Å². The van der Waals surface area contributed by atoms with Gasteiger partial charge in [0.05, 0.1) is 0 Å². The molecule has 2 heterocycles. The van der Waals surface area contributed by atoms with E-state index < -0.39 is 0 Å². The summed E-state index contributed by atoms with van der Waals surface area (Å²) in [6, 6.07) is 3.52. The van der Waals surface area contributed by atoms with E-state index in [1.807, 2.05) is 19.1 Å². The molecule has 14 heavy (non-hydrogen) atoms. The van der Waals surface area contributed by atoms with Gasteiger partial charge in [-0.05, 0) is 19.1 Å². The van der Waals surface area contributed by atoms with Crippen LogP contribution in [0.25, 0.3) is 0 Å². The first-order chi connectivity index (χ1) is 6.59. The van der Waals surface area contributed by atoms with Crippen molar-refractivity contribution in [3.63, 3.8) is 0 Å². The van der Waals surface area contributed by atoms with Gasteiger partial charge in [-0.3, -0.25) is 4.79 Å². The molecule has 0 saturated carbocycles. The van der Waals surface area contributed by atoms with Gasteiger partial charge in [0.15, 0.2) is 0 Å². The second-order valence-corrected chi connectivity index (χ2v) is 3.77. The minimum atomic E-state index is -0.155. The fourth-order valence-corrected chi connectivity index (χ4v) is 1.91. The monoisotopic (exact) mass is 194 g/mol.